The van der Waals surface area contributed by atoms with Crippen molar-refractivity contribution in [1.29, 1.82) is 5.26 Å². The maximum atomic E-state index is 9.27. The second-order valence-corrected chi connectivity index (χ2v) is 3.66. The molecule has 0 spiro atoms. The average molecular weight is 223 g/mol. The highest BCUT2D eigenvalue weighted by atomic mass is 16.9. The lowest BCUT2D eigenvalue weighted by Gasteiger charge is -2.34. The van der Waals surface area contributed by atoms with Crippen molar-refractivity contribution in [2.75, 3.05) is 21.3 Å². The van der Waals surface area contributed by atoms with Gasteiger partial charge in [0.05, 0.1) is 12.5 Å². The van der Waals surface area contributed by atoms with Gasteiger partial charge < -0.3 is 14.2 Å². The maximum Gasteiger partial charge on any atom is 0.284 e. The Labute approximate surface area is 96.1 Å². The summed E-state index contributed by atoms with van der Waals surface area (Å²) in [4.78, 5) is 0. The van der Waals surface area contributed by atoms with Crippen LogP contribution >= 0.6 is 0 Å². The monoisotopic (exact) mass is 223 g/mol. The Balaban J connectivity index is 2.92. The standard InChI is InChI=1S/C12H17NO3/c1-14-12(15-2,16-3)9-11(10-13)7-5-4-6-8-11/h5-8H,4,9H2,1-3H3. The summed E-state index contributed by atoms with van der Waals surface area (Å²) in [6.07, 6.45) is 8.78. The summed E-state index contributed by atoms with van der Waals surface area (Å²) in [5.41, 5.74) is -0.722. The lowest BCUT2D eigenvalue weighted by molar-refractivity contribution is -0.359. The van der Waals surface area contributed by atoms with Gasteiger partial charge in [0.2, 0.25) is 0 Å². The molecular weight excluding hydrogens is 206 g/mol. The molecule has 0 aromatic carbocycles. The molecule has 0 N–H and O–H groups in total. The highest BCUT2D eigenvalue weighted by molar-refractivity contribution is 5.27. The Kier molecular flexibility index (Phi) is 4.25. The van der Waals surface area contributed by atoms with Gasteiger partial charge in [-0.25, -0.2) is 0 Å². The molecular formula is C12H17NO3. The van der Waals surface area contributed by atoms with Gasteiger partial charge in [-0.1, -0.05) is 24.3 Å². The molecule has 1 aliphatic rings. The zero-order chi connectivity index (χ0) is 12.1. The van der Waals surface area contributed by atoms with Crippen LogP contribution in [0.3, 0.4) is 0 Å². The van der Waals surface area contributed by atoms with Crippen LogP contribution in [0.1, 0.15) is 12.8 Å². The van der Waals surface area contributed by atoms with Gasteiger partial charge >= 0.3 is 0 Å². The van der Waals surface area contributed by atoms with E-state index >= 15 is 0 Å². The fourth-order valence-corrected chi connectivity index (χ4v) is 1.75. The normalized spacial score (nSPS) is 18.4. The number of rotatable bonds is 5. The molecule has 0 amide bonds. The summed E-state index contributed by atoms with van der Waals surface area (Å²) < 4.78 is 15.6. The van der Waals surface area contributed by atoms with Crippen molar-refractivity contribution in [2.24, 2.45) is 5.41 Å². The highest BCUT2D eigenvalue weighted by Gasteiger charge is 2.40. The van der Waals surface area contributed by atoms with Crippen LogP contribution in [-0.4, -0.2) is 27.3 Å². The Morgan fingerprint density at radius 2 is 1.69 bits per heavy atom. The number of ether oxygens (including phenoxy) is 3. The molecule has 0 bridgehead atoms. The SMILES string of the molecule is COC(CC1(C#N)C=CCC=C1)(OC)OC. The quantitative estimate of drug-likeness (QED) is 0.528. The van der Waals surface area contributed by atoms with Gasteiger partial charge in [-0.05, 0) is 6.42 Å². The first-order valence-corrected chi connectivity index (χ1v) is 5.08. The Morgan fingerprint density at radius 3 is 2.06 bits per heavy atom. The number of methoxy groups -OCH3 is 3. The summed E-state index contributed by atoms with van der Waals surface area (Å²) in [5.74, 6) is -1.18. The van der Waals surface area contributed by atoms with E-state index in [1.807, 2.05) is 24.3 Å². The average Bonchev–Trinajstić information content (AvgIpc) is 2.37. The molecule has 0 fully saturated rings. The highest BCUT2D eigenvalue weighted by Crippen LogP contribution is 2.36. The minimum atomic E-state index is -1.18. The van der Waals surface area contributed by atoms with Crippen LogP contribution in [0.15, 0.2) is 24.3 Å². The van der Waals surface area contributed by atoms with E-state index in [0.717, 1.165) is 6.42 Å². The molecule has 1 aliphatic carbocycles. The van der Waals surface area contributed by atoms with Gasteiger partial charge in [-0.2, -0.15) is 5.26 Å². The second kappa shape index (κ2) is 5.26. The van der Waals surface area contributed by atoms with E-state index in [0.29, 0.717) is 6.42 Å². The topological polar surface area (TPSA) is 51.5 Å². The van der Waals surface area contributed by atoms with E-state index in [1.165, 1.54) is 21.3 Å². The predicted molar refractivity (Wildman–Crippen MR) is 59.3 cm³/mol. The zero-order valence-electron chi connectivity index (χ0n) is 9.90. The molecule has 0 heterocycles. The van der Waals surface area contributed by atoms with Crippen molar-refractivity contribution in [1.82, 2.24) is 0 Å². The number of hydrogen-bond acceptors (Lipinski definition) is 4. The Bertz CT molecular complexity index is 303. The molecule has 16 heavy (non-hydrogen) atoms. The molecule has 0 aromatic rings. The fraction of sp³-hybridized carbons (Fsp3) is 0.583. The zero-order valence-corrected chi connectivity index (χ0v) is 9.90. The molecule has 0 aliphatic heterocycles. The Morgan fingerprint density at radius 1 is 1.19 bits per heavy atom. The summed E-state index contributed by atoms with van der Waals surface area (Å²) in [6, 6.07) is 2.26. The summed E-state index contributed by atoms with van der Waals surface area (Å²) >= 11 is 0. The maximum absolute atomic E-state index is 9.27. The molecule has 0 atom stereocenters. The largest absolute Gasteiger partial charge is 0.331 e. The molecule has 0 radical (unpaired) electrons. The first-order valence-electron chi connectivity index (χ1n) is 5.08. The van der Waals surface area contributed by atoms with Crippen LogP contribution < -0.4 is 0 Å². The molecule has 0 unspecified atom stereocenters. The first kappa shape index (κ1) is 12.9. The van der Waals surface area contributed by atoms with E-state index in [-0.39, 0.29) is 0 Å². The van der Waals surface area contributed by atoms with E-state index in [4.69, 9.17) is 14.2 Å². The molecule has 0 aromatic heterocycles. The van der Waals surface area contributed by atoms with Crippen molar-refractivity contribution < 1.29 is 14.2 Å². The molecule has 1 rings (SSSR count). The molecule has 88 valence electrons. The lowest BCUT2D eigenvalue weighted by Crippen LogP contribution is -2.41. The van der Waals surface area contributed by atoms with Crippen LogP contribution in [0.4, 0.5) is 0 Å². The van der Waals surface area contributed by atoms with Crippen LogP contribution in [0.25, 0.3) is 0 Å². The fourth-order valence-electron chi connectivity index (χ4n) is 1.75. The second-order valence-electron chi connectivity index (χ2n) is 3.66. The van der Waals surface area contributed by atoms with Crippen molar-refractivity contribution in [3.05, 3.63) is 24.3 Å². The van der Waals surface area contributed by atoms with Gasteiger partial charge in [-0.15, -0.1) is 0 Å². The molecule has 4 nitrogen and oxygen atoms in total. The minimum Gasteiger partial charge on any atom is -0.331 e. The van der Waals surface area contributed by atoms with Gasteiger partial charge in [0.1, 0.15) is 5.41 Å². The van der Waals surface area contributed by atoms with Gasteiger partial charge in [0.15, 0.2) is 0 Å². The third-order valence-corrected chi connectivity index (χ3v) is 2.75. The molecule has 0 saturated heterocycles. The summed E-state index contributed by atoms with van der Waals surface area (Å²) in [6.45, 7) is 0. The van der Waals surface area contributed by atoms with E-state index < -0.39 is 11.4 Å². The van der Waals surface area contributed by atoms with Gasteiger partial charge in [-0.3, -0.25) is 0 Å². The van der Waals surface area contributed by atoms with Crippen LogP contribution in [0.5, 0.6) is 0 Å². The van der Waals surface area contributed by atoms with Crippen molar-refractivity contribution >= 4 is 0 Å². The number of nitrogens with zero attached hydrogens (tertiary/aromatic N) is 1. The first-order chi connectivity index (χ1) is 7.66. The van der Waals surface area contributed by atoms with Crippen molar-refractivity contribution in [3.8, 4) is 6.07 Å². The molecule has 4 heteroatoms. The number of nitriles is 1. The minimum absolute atomic E-state index is 0.299. The third-order valence-electron chi connectivity index (χ3n) is 2.75. The van der Waals surface area contributed by atoms with E-state index in [1.54, 1.807) is 0 Å². The number of allylic oxidation sites excluding steroid dienone is 4. The summed E-state index contributed by atoms with van der Waals surface area (Å²) in [5, 5.41) is 9.27. The van der Waals surface area contributed by atoms with E-state index in [9.17, 15) is 5.26 Å². The van der Waals surface area contributed by atoms with Crippen LogP contribution in [-0.2, 0) is 14.2 Å². The van der Waals surface area contributed by atoms with Crippen LogP contribution in [0, 0.1) is 16.7 Å². The summed E-state index contributed by atoms with van der Waals surface area (Å²) in [7, 11) is 4.48. The smallest absolute Gasteiger partial charge is 0.284 e. The lowest BCUT2D eigenvalue weighted by atomic mass is 9.81. The van der Waals surface area contributed by atoms with E-state index in [2.05, 4.69) is 6.07 Å². The predicted octanol–water partition coefficient (Wildman–Crippen LogP) is 2.00. The molecule has 0 saturated carbocycles. The van der Waals surface area contributed by atoms with Gasteiger partial charge in [0.25, 0.3) is 5.97 Å². The number of hydrogen-bond donors (Lipinski definition) is 0. The van der Waals surface area contributed by atoms with Crippen molar-refractivity contribution in [2.45, 2.75) is 18.8 Å². The van der Waals surface area contributed by atoms with Gasteiger partial charge in [0, 0.05) is 21.3 Å². The third kappa shape index (κ3) is 2.50. The van der Waals surface area contributed by atoms with Crippen LogP contribution in [0.2, 0.25) is 0 Å². The Hall–Kier alpha value is -1.15. The van der Waals surface area contributed by atoms with Crippen molar-refractivity contribution in [3.63, 3.8) is 0 Å².